The van der Waals surface area contributed by atoms with Gasteiger partial charge in [0.25, 0.3) is 0 Å². The molecule has 2 heterocycles. The number of cyclic esters (lactones) is 1. The van der Waals surface area contributed by atoms with E-state index >= 15 is 0 Å². The van der Waals surface area contributed by atoms with Crippen molar-refractivity contribution in [3.8, 4) is 0 Å². The molecule has 0 aromatic heterocycles. The van der Waals surface area contributed by atoms with Crippen LogP contribution in [-0.2, 0) is 28.5 Å². The number of allylic oxidation sites excluding steroid dienone is 3. The Balaban J connectivity index is 2.59. The van der Waals surface area contributed by atoms with Crippen LogP contribution in [0.4, 0.5) is 0 Å². The van der Waals surface area contributed by atoms with Crippen molar-refractivity contribution in [1.82, 2.24) is 4.90 Å². The van der Waals surface area contributed by atoms with Gasteiger partial charge in [0.05, 0.1) is 24.2 Å². The van der Waals surface area contributed by atoms with Crippen molar-refractivity contribution in [1.29, 1.82) is 0 Å². The Morgan fingerprint density at radius 1 is 1.02 bits per heavy atom. The number of carbonyl (C=O) groups is 1. The van der Waals surface area contributed by atoms with Crippen molar-refractivity contribution in [3.63, 3.8) is 0 Å². The largest absolute Gasteiger partial charge is 0.462 e. The van der Waals surface area contributed by atoms with E-state index in [9.17, 15) is 15.0 Å². The van der Waals surface area contributed by atoms with Crippen molar-refractivity contribution in [2.45, 2.75) is 116 Å². The van der Waals surface area contributed by atoms with Gasteiger partial charge in [-0.05, 0) is 52.1 Å². The highest BCUT2D eigenvalue weighted by Gasteiger charge is 2.51. The van der Waals surface area contributed by atoms with E-state index in [1.54, 1.807) is 14.2 Å². The van der Waals surface area contributed by atoms with Crippen molar-refractivity contribution in [2.24, 2.45) is 23.7 Å². The lowest BCUT2D eigenvalue weighted by Gasteiger charge is -2.50. The molecule has 41 heavy (non-hydrogen) atoms. The standard InChI is InChI=1S/C32H57NO8/c1-20-14-12-11-13-15-23(4)39-26(35)18-21(2)28(37-9)30(32(36,16-17-34)19-22(20)3)41-31-29(38-10)27(33(7)8)24(5)25(6)40-31/h11-14,20-25,27-31,34,36H,15-19H2,1-10H3/b13-11+,14-12+/t20-,21+,22+,23+,24?,25?,27?,28-,29?,30+,31?,32+/m0/s1. The summed E-state index contributed by atoms with van der Waals surface area (Å²) >= 11 is 0. The average molecular weight is 584 g/mol. The number of ether oxygens (including phenoxy) is 5. The number of esters is 1. The van der Waals surface area contributed by atoms with E-state index in [-0.39, 0.29) is 67.3 Å². The minimum absolute atomic E-state index is 0.00194. The number of aliphatic hydroxyl groups is 2. The first-order chi connectivity index (χ1) is 19.3. The second kappa shape index (κ2) is 16.5. The summed E-state index contributed by atoms with van der Waals surface area (Å²) in [5.41, 5.74) is -1.49. The Kier molecular flexibility index (Phi) is 14.4. The molecule has 12 atom stereocenters. The van der Waals surface area contributed by atoms with Gasteiger partial charge in [0.15, 0.2) is 6.29 Å². The summed E-state index contributed by atoms with van der Waals surface area (Å²) in [5.74, 6) is -0.349. The quantitative estimate of drug-likeness (QED) is 0.431. The van der Waals surface area contributed by atoms with Gasteiger partial charge < -0.3 is 38.8 Å². The number of hydrogen-bond donors (Lipinski definition) is 2. The number of methoxy groups -OCH3 is 2. The molecule has 1 saturated heterocycles. The Morgan fingerprint density at radius 3 is 2.27 bits per heavy atom. The molecule has 2 aliphatic rings. The van der Waals surface area contributed by atoms with E-state index in [1.165, 1.54) is 0 Å². The van der Waals surface area contributed by atoms with Crippen LogP contribution in [0.25, 0.3) is 0 Å². The van der Waals surface area contributed by atoms with Gasteiger partial charge in [-0.2, -0.15) is 0 Å². The normalized spacial score (nSPS) is 43.4. The summed E-state index contributed by atoms with van der Waals surface area (Å²) in [4.78, 5) is 15.0. The third kappa shape index (κ3) is 9.58. The lowest BCUT2D eigenvalue weighted by Crippen LogP contribution is -2.63. The van der Waals surface area contributed by atoms with Crippen LogP contribution in [0.5, 0.6) is 0 Å². The van der Waals surface area contributed by atoms with E-state index in [1.807, 2.05) is 53.1 Å². The Hall–Kier alpha value is -1.33. The molecular formula is C32H57NO8. The molecule has 238 valence electrons. The van der Waals surface area contributed by atoms with E-state index in [4.69, 9.17) is 23.7 Å². The SMILES string of the molecule is COC1C(O[C@@H]2[C@@H](OC)[C@H](C)CC(=O)O[C@H](C)C/C=C/C=C/[C@H](C)[C@H](C)C[C@]2(O)CCO)OC(C)C(C)C1N(C)C. The number of likely N-dealkylation sites (N-methyl/N-ethyl adjacent to an activating group) is 1. The minimum Gasteiger partial charge on any atom is -0.462 e. The highest BCUT2D eigenvalue weighted by atomic mass is 16.7. The molecule has 0 saturated carbocycles. The summed E-state index contributed by atoms with van der Waals surface area (Å²) in [6.45, 7) is 11.9. The Morgan fingerprint density at radius 2 is 1.68 bits per heavy atom. The van der Waals surface area contributed by atoms with Crippen molar-refractivity contribution < 1.29 is 38.7 Å². The van der Waals surface area contributed by atoms with Crippen LogP contribution in [0.15, 0.2) is 24.3 Å². The monoisotopic (exact) mass is 583 g/mol. The van der Waals surface area contributed by atoms with Gasteiger partial charge >= 0.3 is 5.97 Å². The molecule has 0 aromatic carbocycles. The molecule has 0 amide bonds. The minimum atomic E-state index is -1.49. The second-order valence-corrected chi connectivity index (χ2v) is 12.6. The Bertz CT molecular complexity index is 850. The summed E-state index contributed by atoms with van der Waals surface area (Å²) in [6, 6.07) is -0.00194. The summed E-state index contributed by atoms with van der Waals surface area (Å²) < 4.78 is 30.8. The predicted molar refractivity (Wildman–Crippen MR) is 159 cm³/mol. The zero-order chi connectivity index (χ0) is 30.9. The van der Waals surface area contributed by atoms with E-state index < -0.39 is 30.2 Å². The van der Waals surface area contributed by atoms with E-state index in [2.05, 4.69) is 31.7 Å². The third-order valence-corrected chi connectivity index (χ3v) is 9.11. The lowest BCUT2D eigenvalue weighted by atomic mass is 9.75. The van der Waals surface area contributed by atoms with E-state index in [0.29, 0.717) is 12.8 Å². The van der Waals surface area contributed by atoms with Crippen LogP contribution in [0.3, 0.4) is 0 Å². The molecule has 1 fully saturated rings. The first-order valence-corrected chi connectivity index (χ1v) is 15.2. The van der Waals surface area contributed by atoms with Gasteiger partial charge in [-0.25, -0.2) is 0 Å². The van der Waals surface area contributed by atoms with Crippen molar-refractivity contribution >= 4 is 5.97 Å². The molecule has 0 bridgehead atoms. The van der Waals surface area contributed by atoms with Gasteiger partial charge in [-0.15, -0.1) is 0 Å². The van der Waals surface area contributed by atoms with Crippen LogP contribution in [0, 0.1) is 23.7 Å². The average Bonchev–Trinajstić information content (AvgIpc) is 2.88. The number of hydrogen-bond acceptors (Lipinski definition) is 9. The molecule has 2 rings (SSSR count). The zero-order valence-electron chi connectivity index (χ0n) is 27.0. The van der Waals surface area contributed by atoms with Gasteiger partial charge in [-0.3, -0.25) is 4.79 Å². The maximum absolute atomic E-state index is 12.9. The fourth-order valence-corrected chi connectivity index (χ4v) is 6.36. The second-order valence-electron chi connectivity index (χ2n) is 12.6. The third-order valence-electron chi connectivity index (χ3n) is 9.11. The van der Waals surface area contributed by atoms with Crippen LogP contribution >= 0.6 is 0 Å². The van der Waals surface area contributed by atoms with Crippen molar-refractivity contribution in [3.05, 3.63) is 24.3 Å². The van der Waals surface area contributed by atoms with Crippen LogP contribution in [0.1, 0.15) is 67.2 Å². The molecule has 9 nitrogen and oxygen atoms in total. The number of carbonyl (C=O) groups excluding carboxylic acids is 1. The number of rotatable bonds is 7. The molecule has 2 N–H and O–H groups in total. The predicted octanol–water partition coefficient (Wildman–Crippen LogP) is 3.96. The number of aliphatic hydroxyl groups excluding tert-OH is 1. The van der Waals surface area contributed by atoms with E-state index in [0.717, 1.165) is 0 Å². The molecular weight excluding hydrogens is 526 g/mol. The van der Waals surface area contributed by atoms with Gasteiger partial charge in [0.1, 0.15) is 18.3 Å². The molecule has 5 unspecified atom stereocenters. The summed E-state index contributed by atoms with van der Waals surface area (Å²) in [6.07, 6.45) is 5.86. The summed E-state index contributed by atoms with van der Waals surface area (Å²) in [7, 11) is 7.22. The highest BCUT2D eigenvalue weighted by molar-refractivity contribution is 5.70. The molecule has 0 aromatic rings. The van der Waals surface area contributed by atoms with Gasteiger partial charge in [0, 0.05) is 45.6 Å². The first-order valence-electron chi connectivity index (χ1n) is 15.2. The first kappa shape index (κ1) is 35.9. The van der Waals surface area contributed by atoms with Gasteiger partial charge in [0.2, 0.25) is 0 Å². The fourth-order valence-electron chi connectivity index (χ4n) is 6.36. The molecule has 0 radical (unpaired) electrons. The van der Waals surface area contributed by atoms with Crippen LogP contribution < -0.4 is 0 Å². The van der Waals surface area contributed by atoms with Crippen molar-refractivity contribution in [2.75, 3.05) is 34.9 Å². The van der Waals surface area contributed by atoms with Gasteiger partial charge in [-0.1, -0.05) is 52.0 Å². The number of nitrogens with zero attached hydrogens (tertiary/aromatic N) is 1. The lowest BCUT2D eigenvalue weighted by molar-refractivity contribution is -0.319. The maximum atomic E-state index is 12.9. The topological polar surface area (TPSA) is 107 Å². The summed E-state index contributed by atoms with van der Waals surface area (Å²) in [5, 5.41) is 22.6. The van der Waals surface area contributed by atoms with Crippen LogP contribution in [0.2, 0.25) is 0 Å². The Labute approximate surface area is 248 Å². The molecule has 9 heteroatoms. The maximum Gasteiger partial charge on any atom is 0.306 e. The zero-order valence-corrected chi connectivity index (χ0v) is 27.0. The molecule has 0 aliphatic carbocycles. The fraction of sp³-hybridized carbons (Fsp3) is 0.844. The van der Waals surface area contributed by atoms with Crippen LogP contribution in [-0.4, -0.2) is 104 Å². The molecule has 0 spiro atoms. The highest BCUT2D eigenvalue weighted by Crippen LogP contribution is 2.39. The molecule has 2 aliphatic heterocycles. The smallest absolute Gasteiger partial charge is 0.306 e.